The van der Waals surface area contributed by atoms with Gasteiger partial charge in [0.1, 0.15) is 11.9 Å². The number of hydrogen-bond acceptors (Lipinski definition) is 2. The van der Waals surface area contributed by atoms with Gasteiger partial charge in [0.05, 0.1) is 12.0 Å². The van der Waals surface area contributed by atoms with E-state index in [-0.39, 0.29) is 11.9 Å². The smallest absolute Gasteiger partial charge is 0.170 e. The second-order valence-corrected chi connectivity index (χ2v) is 5.54. The van der Waals surface area contributed by atoms with Crippen LogP contribution in [0.4, 0.5) is 0 Å². The number of ether oxygens (including phenoxy) is 1. The van der Waals surface area contributed by atoms with E-state index in [9.17, 15) is 4.79 Å². The first-order valence-corrected chi connectivity index (χ1v) is 6.93. The van der Waals surface area contributed by atoms with E-state index in [1.165, 1.54) is 16.7 Å². The molecule has 0 aromatic heterocycles. The number of benzene rings is 2. The van der Waals surface area contributed by atoms with Gasteiger partial charge in [-0.05, 0) is 49.6 Å². The van der Waals surface area contributed by atoms with Gasteiger partial charge in [0, 0.05) is 0 Å². The third-order valence-electron chi connectivity index (χ3n) is 3.89. The highest BCUT2D eigenvalue weighted by atomic mass is 16.5. The molecule has 2 aromatic carbocycles. The molecule has 3 rings (SSSR count). The molecule has 1 heterocycles. The van der Waals surface area contributed by atoms with Crippen molar-refractivity contribution in [3.05, 3.63) is 64.2 Å². The second-order valence-electron chi connectivity index (χ2n) is 5.54. The van der Waals surface area contributed by atoms with Crippen LogP contribution in [0.25, 0.3) is 0 Å². The van der Waals surface area contributed by atoms with Crippen LogP contribution >= 0.6 is 0 Å². The Hall–Kier alpha value is -2.09. The first-order valence-electron chi connectivity index (χ1n) is 6.93. The molecule has 1 unspecified atom stereocenters. The van der Waals surface area contributed by atoms with Crippen molar-refractivity contribution in [2.75, 3.05) is 0 Å². The van der Waals surface area contributed by atoms with Gasteiger partial charge in [0.15, 0.2) is 5.78 Å². The molecule has 2 nitrogen and oxygen atoms in total. The van der Waals surface area contributed by atoms with Crippen LogP contribution in [-0.4, -0.2) is 5.78 Å². The first kappa shape index (κ1) is 12.9. The maximum absolute atomic E-state index is 12.3. The number of aryl methyl sites for hydroxylation is 3. The highest BCUT2D eigenvalue weighted by Gasteiger charge is 2.29. The highest BCUT2D eigenvalue weighted by molar-refractivity contribution is 6.00. The SMILES string of the molecule is Cc1cc(C)c(C2CC(=O)c3ccccc3O2)c(C)c1. The lowest BCUT2D eigenvalue weighted by atomic mass is 9.90. The summed E-state index contributed by atoms with van der Waals surface area (Å²) in [6.45, 7) is 6.26. The van der Waals surface area contributed by atoms with E-state index in [1.807, 2.05) is 24.3 Å². The van der Waals surface area contributed by atoms with Gasteiger partial charge in [-0.3, -0.25) is 4.79 Å². The molecule has 0 spiro atoms. The monoisotopic (exact) mass is 266 g/mol. The minimum atomic E-state index is -0.169. The number of Topliss-reactive ketones (excluding diaryl/α,β-unsaturated/α-hetero) is 1. The maximum Gasteiger partial charge on any atom is 0.170 e. The Morgan fingerprint density at radius 3 is 2.40 bits per heavy atom. The van der Waals surface area contributed by atoms with Crippen LogP contribution in [0, 0.1) is 20.8 Å². The molecule has 20 heavy (non-hydrogen) atoms. The number of carbonyl (C=O) groups excluding carboxylic acids is 1. The zero-order valence-corrected chi connectivity index (χ0v) is 12.1. The summed E-state index contributed by atoms with van der Waals surface area (Å²) in [6, 6.07) is 11.8. The predicted molar refractivity (Wildman–Crippen MR) is 79.4 cm³/mol. The summed E-state index contributed by atoms with van der Waals surface area (Å²) in [6.07, 6.45) is 0.250. The van der Waals surface area contributed by atoms with E-state index in [0.29, 0.717) is 17.7 Å². The zero-order chi connectivity index (χ0) is 14.3. The quantitative estimate of drug-likeness (QED) is 0.768. The third-order valence-corrected chi connectivity index (χ3v) is 3.89. The van der Waals surface area contributed by atoms with Gasteiger partial charge in [-0.1, -0.05) is 29.8 Å². The lowest BCUT2D eigenvalue weighted by molar-refractivity contribution is 0.0849. The standard InChI is InChI=1S/C18H18O2/c1-11-8-12(2)18(13(3)9-11)17-10-15(19)14-6-4-5-7-16(14)20-17/h4-9,17H,10H2,1-3H3. The summed E-state index contributed by atoms with van der Waals surface area (Å²) in [7, 11) is 0. The van der Waals surface area contributed by atoms with Crippen molar-refractivity contribution >= 4 is 5.78 Å². The van der Waals surface area contributed by atoms with Gasteiger partial charge in [-0.2, -0.15) is 0 Å². The predicted octanol–water partition coefficient (Wildman–Crippen LogP) is 4.32. The Morgan fingerprint density at radius 2 is 1.70 bits per heavy atom. The van der Waals surface area contributed by atoms with Crippen LogP contribution < -0.4 is 4.74 Å². The molecular formula is C18H18O2. The largest absolute Gasteiger partial charge is 0.484 e. The van der Waals surface area contributed by atoms with Crippen molar-refractivity contribution in [2.45, 2.75) is 33.3 Å². The second kappa shape index (κ2) is 4.78. The van der Waals surface area contributed by atoms with Gasteiger partial charge in [-0.25, -0.2) is 0 Å². The van der Waals surface area contributed by atoms with Crippen molar-refractivity contribution < 1.29 is 9.53 Å². The summed E-state index contributed by atoms with van der Waals surface area (Å²) in [5.41, 5.74) is 5.48. The third kappa shape index (κ3) is 2.11. The number of para-hydroxylation sites is 1. The zero-order valence-electron chi connectivity index (χ0n) is 12.1. The van der Waals surface area contributed by atoms with E-state index in [4.69, 9.17) is 4.74 Å². The molecule has 1 aliphatic rings. The lowest BCUT2D eigenvalue weighted by Gasteiger charge is -2.28. The molecule has 2 heteroatoms. The number of ketones is 1. The van der Waals surface area contributed by atoms with Gasteiger partial charge in [0.2, 0.25) is 0 Å². The molecule has 1 atom stereocenters. The molecule has 0 saturated carbocycles. The van der Waals surface area contributed by atoms with E-state index in [0.717, 1.165) is 5.56 Å². The van der Waals surface area contributed by atoms with Crippen LogP contribution in [0.2, 0.25) is 0 Å². The summed E-state index contributed by atoms with van der Waals surface area (Å²) >= 11 is 0. The van der Waals surface area contributed by atoms with Crippen LogP contribution in [0.1, 0.15) is 45.1 Å². The summed E-state index contributed by atoms with van der Waals surface area (Å²) in [5.74, 6) is 0.865. The number of carbonyl (C=O) groups is 1. The van der Waals surface area contributed by atoms with Crippen LogP contribution in [0.3, 0.4) is 0 Å². The molecule has 0 radical (unpaired) electrons. The first-order chi connectivity index (χ1) is 9.56. The number of fused-ring (bicyclic) bond motifs is 1. The Kier molecular flexibility index (Phi) is 3.09. The summed E-state index contributed by atoms with van der Waals surface area (Å²) in [5, 5.41) is 0. The van der Waals surface area contributed by atoms with Crippen molar-refractivity contribution in [3.63, 3.8) is 0 Å². The highest BCUT2D eigenvalue weighted by Crippen LogP contribution is 2.37. The molecule has 0 aliphatic carbocycles. The molecule has 0 saturated heterocycles. The minimum Gasteiger partial charge on any atom is -0.484 e. The topological polar surface area (TPSA) is 26.3 Å². The molecule has 2 aromatic rings. The molecule has 0 amide bonds. The van der Waals surface area contributed by atoms with Crippen LogP contribution in [0.5, 0.6) is 5.75 Å². The van der Waals surface area contributed by atoms with Crippen molar-refractivity contribution in [1.82, 2.24) is 0 Å². The molecule has 102 valence electrons. The fraction of sp³-hybridized carbons (Fsp3) is 0.278. The summed E-state index contributed by atoms with van der Waals surface area (Å²) < 4.78 is 6.07. The molecule has 0 fully saturated rings. The molecular weight excluding hydrogens is 248 g/mol. The van der Waals surface area contributed by atoms with Gasteiger partial charge in [-0.15, -0.1) is 0 Å². The Bertz CT molecular complexity index is 663. The average molecular weight is 266 g/mol. The van der Waals surface area contributed by atoms with E-state index < -0.39 is 0 Å². The maximum atomic E-state index is 12.3. The van der Waals surface area contributed by atoms with E-state index in [1.54, 1.807) is 0 Å². The molecule has 0 bridgehead atoms. The Labute approximate surface area is 119 Å². The Balaban J connectivity index is 2.04. The Morgan fingerprint density at radius 1 is 1.05 bits per heavy atom. The molecule has 1 aliphatic heterocycles. The minimum absolute atomic E-state index is 0.163. The van der Waals surface area contributed by atoms with E-state index >= 15 is 0 Å². The number of hydrogen-bond donors (Lipinski definition) is 0. The lowest BCUT2D eigenvalue weighted by Crippen LogP contribution is -2.21. The van der Waals surface area contributed by atoms with Gasteiger partial charge >= 0.3 is 0 Å². The average Bonchev–Trinajstić information content (AvgIpc) is 2.37. The fourth-order valence-corrected chi connectivity index (χ4v) is 3.13. The summed E-state index contributed by atoms with van der Waals surface area (Å²) in [4.78, 5) is 12.3. The van der Waals surface area contributed by atoms with Gasteiger partial charge in [0.25, 0.3) is 0 Å². The van der Waals surface area contributed by atoms with Gasteiger partial charge < -0.3 is 4.74 Å². The van der Waals surface area contributed by atoms with Crippen LogP contribution in [0.15, 0.2) is 36.4 Å². The van der Waals surface area contributed by atoms with Crippen LogP contribution in [-0.2, 0) is 0 Å². The fourth-order valence-electron chi connectivity index (χ4n) is 3.13. The molecule has 0 N–H and O–H groups in total. The van der Waals surface area contributed by atoms with Crippen molar-refractivity contribution in [2.24, 2.45) is 0 Å². The number of rotatable bonds is 1. The van der Waals surface area contributed by atoms with Crippen molar-refractivity contribution in [3.8, 4) is 5.75 Å². The normalized spacial score (nSPS) is 17.6. The van der Waals surface area contributed by atoms with Crippen molar-refractivity contribution in [1.29, 1.82) is 0 Å². The van der Waals surface area contributed by atoms with E-state index in [2.05, 4.69) is 32.9 Å².